The minimum atomic E-state index is 0.0614. The highest BCUT2D eigenvalue weighted by molar-refractivity contribution is 5.88. The van der Waals surface area contributed by atoms with Crippen molar-refractivity contribution in [2.45, 2.75) is 125 Å². The van der Waals surface area contributed by atoms with Crippen LogP contribution in [-0.2, 0) is 17.6 Å². The van der Waals surface area contributed by atoms with Crippen LogP contribution in [0, 0.1) is 17.2 Å². The Kier molecular flexibility index (Phi) is 20.2. The van der Waals surface area contributed by atoms with Crippen LogP contribution in [-0.4, -0.2) is 28.9 Å². The van der Waals surface area contributed by atoms with Gasteiger partial charge in [0.05, 0.1) is 24.8 Å². The molecule has 44 heavy (non-hydrogen) atoms. The molecule has 0 saturated heterocycles. The van der Waals surface area contributed by atoms with E-state index in [1.807, 2.05) is 19.2 Å². The van der Waals surface area contributed by atoms with Crippen LogP contribution in [0.3, 0.4) is 0 Å². The minimum absolute atomic E-state index is 0.0614. The molecule has 0 N–H and O–H groups in total. The van der Waals surface area contributed by atoms with Crippen molar-refractivity contribution in [1.29, 1.82) is 5.26 Å². The Labute approximate surface area is 268 Å². The fourth-order valence-electron chi connectivity index (χ4n) is 5.04. The summed E-state index contributed by atoms with van der Waals surface area (Å²) in [6, 6.07) is 2.69. The van der Waals surface area contributed by atoms with E-state index in [1.165, 1.54) is 30.1 Å². The van der Waals surface area contributed by atoms with Crippen LogP contribution in [0.25, 0.3) is 0 Å². The lowest BCUT2D eigenvalue weighted by molar-refractivity contribution is -0.114. The summed E-state index contributed by atoms with van der Waals surface area (Å²) in [5, 5.41) is 9.37. The van der Waals surface area contributed by atoms with E-state index in [4.69, 9.17) is 14.7 Å². The molecule has 0 unspecified atom stereocenters. The maximum atomic E-state index is 11.8. The van der Waals surface area contributed by atoms with E-state index >= 15 is 0 Å². The zero-order valence-corrected chi connectivity index (χ0v) is 28.6. The Morgan fingerprint density at radius 3 is 2.48 bits per heavy atom. The van der Waals surface area contributed by atoms with Gasteiger partial charge in [0.1, 0.15) is 5.82 Å². The van der Waals surface area contributed by atoms with Gasteiger partial charge in [-0.1, -0.05) is 64.0 Å². The topological polar surface area (TPSA) is 79.1 Å². The van der Waals surface area contributed by atoms with Gasteiger partial charge in [-0.05, 0) is 102 Å². The Balaban J connectivity index is 3.43. The number of aryl methyl sites for hydroxylation is 1. The van der Waals surface area contributed by atoms with E-state index in [0.29, 0.717) is 37.9 Å². The average Bonchev–Trinajstić information content (AvgIpc) is 3.03. The summed E-state index contributed by atoms with van der Waals surface area (Å²) in [5.74, 6) is 1.34. The number of anilines is 1. The molecule has 0 aromatic carbocycles. The van der Waals surface area contributed by atoms with Crippen molar-refractivity contribution in [3.05, 3.63) is 71.6 Å². The van der Waals surface area contributed by atoms with Gasteiger partial charge in [-0.2, -0.15) is 15.2 Å². The second kappa shape index (κ2) is 23.0. The molecule has 0 saturated carbocycles. The summed E-state index contributed by atoms with van der Waals surface area (Å²) in [6.07, 6.45) is 21.3. The van der Waals surface area contributed by atoms with Crippen LogP contribution in [0.2, 0.25) is 0 Å². The van der Waals surface area contributed by atoms with Crippen LogP contribution in [0.15, 0.2) is 60.4 Å². The number of unbranched alkanes of at least 4 members (excludes halogenated alkanes) is 3. The van der Waals surface area contributed by atoms with Gasteiger partial charge in [0.15, 0.2) is 5.78 Å². The van der Waals surface area contributed by atoms with Crippen molar-refractivity contribution in [2.24, 2.45) is 5.92 Å². The second-order valence-electron chi connectivity index (χ2n) is 11.7. The van der Waals surface area contributed by atoms with Gasteiger partial charge in [-0.15, -0.1) is 6.58 Å². The molecule has 0 aliphatic heterocycles. The second-order valence-corrected chi connectivity index (χ2v) is 11.7. The number of allylic oxidation sites excluding steroid dienone is 7. The highest BCUT2D eigenvalue weighted by atomic mass is 16.5. The molecule has 1 atom stereocenters. The van der Waals surface area contributed by atoms with Gasteiger partial charge in [0.25, 0.3) is 0 Å². The third-order valence-corrected chi connectivity index (χ3v) is 7.83. The molecule has 0 fully saturated rings. The number of nitriles is 1. The van der Waals surface area contributed by atoms with Crippen molar-refractivity contribution in [1.82, 2.24) is 9.97 Å². The van der Waals surface area contributed by atoms with E-state index in [9.17, 15) is 10.1 Å². The SMILES string of the molecule is C=CC/C=C(CCCCc1c(CC)nc(OC[C@@H](C)CCCC)nc1N(/C=C(\C)CC#N)CCCCC(=O)C=C)\C(C)=C/C. The molecule has 1 heterocycles. The van der Waals surface area contributed by atoms with Crippen molar-refractivity contribution in [2.75, 3.05) is 18.1 Å². The van der Waals surface area contributed by atoms with Gasteiger partial charge in [-0.25, -0.2) is 0 Å². The number of ketones is 1. The van der Waals surface area contributed by atoms with Gasteiger partial charge in [0.2, 0.25) is 0 Å². The number of nitrogens with zero attached hydrogens (tertiary/aromatic N) is 4. The minimum Gasteiger partial charge on any atom is -0.463 e. The van der Waals surface area contributed by atoms with Crippen LogP contribution in [0.5, 0.6) is 6.01 Å². The molecule has 0 aliphatic carbocycles. The highest BCUT2D eigenvalue weighted by Crippen LogP contribution is 2.29. The molecule has 6 heteroatoms. The Bertz CT molecular complexity index is 1170. The van der Waals surface area contributed by atoms with Crippen LogP contribution >= 0.6 is 0 Å². The number of hydrogen-bond donors (Lipinski definition) is 0. The third-order valence-electron chi connectivity index (χ3n) is 7.83. The zero-order valence-electron chi connectivity index (χ0n) is 28.6. The van der Waals surface area contributed by atoms with Crippen molar-refractivity contribution < 1.29 is 9.53 Å². The maximum Gasteiger partial charge on any atom is 0.318 e. The predicted molar refractivity (Wildman–Crippen MR) is 186 cm³/mol. The predicted octanol–water partition coefficient (Wildman–Crippen LogP) is 9.97. The molecule has 1 aromatic rings. The van der Waals surface area contributed by atoms with Crippen LogP contribution in [0.1, 0.15) is 123 Å². The smallest absolute Gasteiger partial charge is 0.318 e. The molecule has 6 nitrogen and oxygen atoms in total. The molecule has 0 bridgehead atoms. The lowest BCUT2D eigenvalue weighted by Gasteiger charge is -2.25. The number of ether oxygens (including phenoxy) is 1. The average molecular weight is 603 g/mol. The maximum absolute atomic E-state index is 11.8. The number of hydrogen-bond acceptors (Lipinski definition) is 6. The molecule has 0 aliphatic rings. The number of aromatic nitrogens is 2. The quantitative estimate of drug-likeness (QED) is 0.0507. The first kappa shape index (κ1) is 38.6. The van der Waals surface area contributed by atoms with E-state index in [0.717, 1.165) is 80.4 Å². The summed E-state index contributed by atoms with van der Waals surface area (Å²) >= 11 is 0. The standard InChI is InChI=1S/C38H58N4O2/c1-9-14-20-31(7)29-44-38-40-36(13-5)35(24-17-16-22-33(21-15-10-2)32(8)11-3)37(41-38)42(28-30(6)25-26-39)27-19-18-23-34(43)12-4/h10-12,21,28,31H,2,4,9,13-20,22-25,27,29H2,1,3,5-8H3/b30-28+,32-11-,33-21-/t31-/m0/s1. The number of carbonyl (C=O) groups excluding carboxylic acids is 1. The molecule has 1 rings (SSSR count). The Hall–Kier alpha value is -3.46. The fourth-order valence-corrected chi connectivity index (χ4v) is 5.04. The number of carbonyl (C=O) groups is 1. The molecule has 0 radical (unpaired) electrons. The van der Waals surface area contributed by atoms with Gasteiger partial charge < -0.3 is 9.64 Å². The van der Waals surface area contributed by atoms with Crippen molar-refractivity contribution in [3.8, 4) is 12.1 Å². The Morgan fingerprint density at radius 1 is 1.09 bits per heavy atom. The molecule has 0 spiro atoms. The summed E-state index contributed by atoms with van der Waals surface area (Å²) in [5.41, 5.74) is 5.81. The number of rotatable bonds is 24. The molecule has 242 valence electrons. The summed E-state index contributed by atoms with van der Waals surface area (Å²) in [7, 11) is 0. The summed E-state index contributed by atoms with van der Waals surface area (Å²) in [6.45, 7) is 21.5. The van der Waals surface area contributed by atoms with Crippen LogP contribution < -0.4 is 9.64 Å². The molecule has 0 amide bonds. The first-order valence-electron chi connectivity index (χ1n) is 16.7. The van der Waals surface area contributed by atoms with Gasteiger partial charge in [0, 0.05) is 24.7 Å². The van der Waals surface area contributed by atoms with Gasteiger partial charge >= 0.3 is 6.01 Å². The van der Waals surface area contributed by atoms with E-state index in [2.05, 4.69) is 70.9 Å². The van der Waals surface area contributed by atoms with E-state index < -0.39 is 0 Å². The molecular weight excluding hydrogens is 544 g/mol. The third kappa shape index (κ3) is 14.8. The van der Waals surface area contributed by atoms with E-state index in [1.54, 1.807) is 0 Å². The molecule has 1 aromatic heterocycles. The monoisotopic (exact) mass is 602 g/mol. The normalized spacial score (nSPS) is 12.9. The largest absolute Gasteiger partial charge is 0.463 e. The van der Waals surface area contributed by atoms with E-state index in [-0.39, 0.29) is 5.78 Å². The summed E-state index contributed by atoms with van der Waals surface area (Å²) < 4.78 is 6.21. The lowest BCUT2D eigenvalue weighted by Crippen LogP contribution is -2.23. The zero-order chi connectivity index (χ0) is 32.7. The van der Waals surface area contributed by atoms with Gasteiger partial charge in [-0.3, -0.25) is 4.79 Å². The molecular formula is C38H58N4O2. The fraction of sp³-hybridized carbons (Fsp3) is 0.579. The first-order valence-corrected chi connectivity index (χ1v) is 16.7. The van der Waals surface area contributed by atoms with Crippen molar-refractivity contribution in [3.63, 3.8) is 0 Å². The Morgan fingerprint density at radius 2 is 1.84 bits per heavy atom. The highest BCUT2D eigenvalue weighted by Gasteiger charge is 2.20. The lowest BCUT2D eigenvalue weighted by atomic mass is 9.97. The first-order chi connectivity index (χ1) is 21.2. The van der Waals surface area contributed by atoms with Crippen LogP contribution in [0.4, 0.5) is 5.82 Å². The van der Waals surface area contributed by atoms with Crippen molar-refractivity contribution >= 4 is 11.6 Å². The summed E-state index contributed by atoms with van der Waals surface area (Å²) in [4.78, 5) is 23.9.